The summed E-state index contributed by atoms with van der Waals surface area (Å²) in [6, 6.07) is 4.50. The van der Waals surface area contributed by atoms with Crippen LogP contribution in [-0.2, 0) is 0 Å². The highest BCUT2D eigenvalue weighted by Crippen LogP contribution is 2.33. The second-order valence-corrected chi connectivity index (χ2v) is 6.13. The summed E-state index contributed by atoms with van der Waals surface area (Å²) in [6.07, 6.45) is 4.14. The summed E-state index contributed by atoms with van der Waals surface area (Å²) >= 11 is 0. The van der Waals surface area contributed by atoms with E-state index in [9.17, 15) is 15.2 Å². The molecule has 19 heavy (non-hydrogen) atoms. The van der Waals surface area contributed by atoms with Gasteiger partial charge in [0.2, 0.25) is 0 Å². The summed E-state index contributed by atoms with van der Waals surface area (Å²) in [5.74, 6) is -0.288. The van der Waals surface area contributed by atoms with Crippen LogP contribution in [0.3, 0.4) is 0 Å². The zero-order valence-corrected chi connectivity index (χ0v) is 12.5. The largest absolute Gasteiger partial charge is 0.502 e. The molecule has 5 nitrogen and oxygen atoms in total. The van der Waals surface area contributed by atoms with Crippen LogP contribution in [0.25, 0.3) is 6.08 Å². The van der Waals surface area contributed by atoms with Gasteiger partial charge in [0.25, 0.3) is 0 Å². The molecule has 1 N–H and O–H groups in total. The highest BCUT2D eigenvalue weighted by atomic mass is 32.0. The third-order valence-corrected chi connectivity index (χ3v) is 4.91. The van der Waals surface area contributed by atoms with Gasteiger partial charge in [-0.15, -0.1) is 0 Å². The summed E-state index contributed by atoms with van der Waals surface area (Å²) in [4.78, 5) is 10.2. The van der Waals surface area contributed by atoms with Crippen LogP contribution in [0.15, 0.2) is 23.8 Å². The van der Waals surface area contributed by atoms with E-state index in [0.717, 1.165) is 31.5 Å². The van der Waals surface area contributed by atoms with Gasteiger partial charge in [0.1, 0.15) is 0 Å². The first kappa shape index (κ1) is 14.4. The smallest absolute Gasteiger partial charge is 0.311 e. The quantitative estimate of drug-likeness (QED) is 0.529. The molecule has 2 atom stereocenters. The minimum atomic E-state index is -0.561. The van der Waals surface area contributed by atoms with Crippen molar-refractivity contribution in [2.75, 3.05) is 13.1 Å². The fourth-order valence-corrected chi connectivity index (χ4v) is 3.38. The molecule has 1 heterocycles. The van der Waals surface area contributed by atoms with Crippen LogP contribution in [-0.4, -0.2) is 27.8 Å². The van der Waals surface area contributed by atoms with Crippen molar-refractivity contribution in [2.45, 2.75) is 12.8 Å². The molecular weight excluding hydrogens is 282 g/mol. The highest BCUT2D eigenvalue weighted by molar-refractivity contribution is 8.01. The monoisotopic (exact) mass is 298 g/mol. The fraction of sp³-hybridized carbons (Fsp3) is 0.333. The number of phenols is 1. The molecule has 2 rings (SSSR count). The molecule has 0 spiro atoms. The Kier molecular flexibility index (Phi) is 4.87. The number of rotatable bonds is 3. The van der Waals surface area contributed by atoms with Crippen LogP contribution in [0, 0.1) is 10.1 Å². The van der Waals surface area contributed by atoms with Crippen LogP contribution in [0.4, 0.5) is 5.69 Å². The molecule has 1 saturated heterocycles. The predicted octanol–water partition coefficient (Wildman–Crippen LogP) is 3.16. The van der Waals surface area contributed by atoms with Gasteiger partial charge in [-0.25, -0.2) is 0 Å². The van der Waals surface area contributed by atoms with E-state index in [2.05, 4.69) is 13.6 Å². The first-order chi connectivity index (χ1) is 9.10. The molecule has 0 aliphatic carbocycles. The Hall–Kier alpha value is -1.02. The van der Waals surface area contributed by atoms with E-state index in [-0.39, 0.29) is 11.4 Å². The average molecular weight is 298 g/mol. The third kappa shape index (κ3) is 3.73. The van der Waals surface area contributed by atoms with Crippen LogP contribution < -0.4 is 0 Å². The van der Waals surface area contributed by atoms with Gasteiger partial charge in [0.15, 0.2) is 5.75 Å². The molecular formula is C12H16N2O3P2. The van der Waals surface area contributed by atoms with E-state index in [1.54, 1.807) is 6.07 Å². The Balaban J connectivity index is 2.22. The van der Waals surface area contributed by atoms with Crippen LogP contribution >= 0.6 is 17.3 Å². The Morgan fingerprint density at radius 1 is 1.53 bits per heavy atom. The minimum absolute atomic E-state index is 0.241. The summed E-state index contributed by atoms with van der Waals surface area (Å²) in [5, 5.41) is 20.2. The van der Waals surface area contributed by atoms with Crippen molar-refractivity contribution >= 4 is 29.1 Å². The van der Waals surface area contributed by atoms with Gasteiger partial charge >= 0.3 is 5.69 Å². The fourth-order valence-electron chi connectivity index (χ4n) is 2.14. The predicted molar refractivity (Wildman–Crippen MR) is 81.6 cm³/mol. The Labute approximate surface area is 115 Å². The number of hydrogen-bond donors (Lipinski definition) is 1. The lowest BCUT2D eigenvalue weighted by molar-refractivity contribution is -0.385. The molecule has 0 aromatic heterocycles. The van der Waals surface area contributed by atoms with E-state index < -0.39 is 4.92 Å². The molecule has 0 bridgehead atoms. The van der Waals surface area contributed by atoms with Gasteiger partial charge in [0.05, 0.1) is 4.92 Å². The van der Waals surface area contributed by atoms with Crippen molar-refractivity contribution in [3.63, 3.8) is 0 Å². The van der Waals surface area contributed by atoms with E-state index in [4.69, 9.17) is 0 Å². The van der Waals surface area contributed by atoms with Crippen molar-refractivity contribution < 1.29 is 10.0 Å². The first-order valence-corrected chi connectivity index (χ1v) is 8.74. The van der Waals surface area contributed by atoms with Gasteiger partial charge in [-0.05, 0) is 32.9 Å². The SMILES string of the molecule is O=[N+]([O-])c1cc(C=C2CCCN(PP)C2)ccc1O. The Morgan fingerprint density at radius 2 is 2.32 bits per heavy atom. The van der Waals surface area contributed by atoms with Crippen molar-refractivity contribution in [1.29, 1.82) is 0 Å². The minimum Gasteiger partial charge on any atom is -0.502 e. The highest BCUT2D eigenvalue weighted by Gasteiger charge is 2.15. The van der Waals surface area contributed by atoms with Crippen LogP contribution in [0.1, 0.15) is 18.4 Å². The zero-order valence-electron chi connectivity index (χ0n) is 10.4. The molecule has 0 amide bonds. The second-order valence-electron chi connectivity index (χ2n) is 4.46. The standard InChI is InChI=1S/C12H16N2O3P2/c15-12-4-3-9(7-11(12)14(16)17)6-10-2-1-5-13(8-10)19-18/h3-4,6-7,15,19H,1-2,5,8,18H2. The number of nitro benzene ring substituents is 1. The number of nitro groups is 1. The van der Waals surface area contributed by atoms with E-state index >= 15 is 0 Å². The number of nitrogens with zero attached hydrogens (tertiary/aromatic N) is 2. The van der Waals surface area contributed by atoms with Crippen LogP contribution in [0.2, 0.25) is 0 Å². The number of aromatic hydroxyl groups is 1. The van der Waals surface area contributed by atoms with Gasteiger partial charge in [-0.3, -0.25) is 14.8 Å². The number of benzene rings is 1. The molecule has 1 aromatic carbocycles. The summed E-state index contributed by atoms with van der Waals surface area (Å²) in [7, 11) is 3.45. The van der Waals surface area contributed by atoms with Crippen molar-refractivity contribution in [1.82, 2.24) is 4.67 Å². The van der Waals surface area contributed by atoms with Gasteiger partial charge in [0, 0.05) is 19.2 Å². The summed E-state index contributed by atoms with van der Waals surface area (Å²) < 4.78 is 2.34. The lowest BCUT2D eigenvalue weighted by Gasteiger charge is -2.26. The van der Waals surface area contributed by atoms with Gasteiger partial charge in [-0.2, -0.15) is 0 Å². The van der Waals surface area contributed by atoms with E-state index in [0.29, 0.717) is 8.42 Å². The lowest BCUT2D eigenvalue weighted by Crippen LogP contribution is -2.22. The molecule has 1 aliphatic heterocycles. The van der Waals surface area contributed by atoms with Crippen molar-refractivity contribution in [3.05, 3.63) is 39.4 Å². The Morgan fingerprint density at radius 3 is 3.00 bits per heavy atom. The third-order valence-electron chi connectivity index (χ3n) is 3.07. The summed E-state index contributed by atoms with van der Waals surface area (Å²) in [6.45, 7) is 2.02. The molecule has 2 unspecified atom stereocenters. The molecule has 1 fully saturated rings. The van der Waals surface area contributed by atoms with E-state index in [1.807, 2.05) is 6.08 Å². The maximum atomic E-state index is 10.8. The molecule has 1 aromatic rings. The molecule has 0 saturated carbocycles. The van der Waals surface area contributed by atoms with Gasteiger partial charge in [-0.1, -0.05) is 26.6 Å². The molecule has 1 aliphatic rings. The number of phenolic OH excluding ortho intramolecular Hbond substituents is 1. The van der Waals surface area contributed by atoms with Crippen LogP contribution in [0.5, 0.6) is 5.75 Å². The average Bonchev–Trinajstić information content (AvgIpc) is 2.41. The lowest BCUT2D eigenvalue weighted by atomic mass is 10.0. The second kappa shape index (κ2) is 6.42. The van der Waals surface area contributed by atoms with Crippen molar-refractivity contribution in [3.8, 4) is 5.75 Å². The summed E-state index contributed by atoms with van der Waals surface area (Å²) in [5.41, 5.74) is 1.81. The molecule has 0 radical (unpaired) electrons. The maximum Gasteiger partial charge on any atom is 0.311 e. The normalized spacial score (nSPS) is 19.3. The molecule has 102 valence electrons. The first-order valence-electron chi connectivity index (χ1n) is 5.98. The number of hydrogen-bond acceptors (Lipinski definition) is 4. The Bertz CT molecular complexity index is 520. The number of piperidine rings is 1. The molecule has 7 heteroatoms. The van der Waals surface area contributed by atoms with Crippen molar-refractivity contribution in [2.24, 2.45) is 0 Å². The maximum absolute atomic E-state index is 10.8. The zero-order chi connectivity index (χ0) is 13.8. The topological polar surface area (TPSA) is 66.6 Å². The van der Waals surface area contributed by atoms with E-state index in [1.165, 1.54) is 17.7 Å². The van der Waals surface area contributed by atoms with Gasteiger partial charge < -0.3 is 5.11 Å².